The van der Waals surface area contributed by atoms with E-state index >= 15 is 0 Å². The minimum Gasteiger partial charge on any atom is -0.478 e. The summed E-state index contributed by atoms with van der Waals surface area (Å²) < 4.78 is 0. The van der Waals surface area contributed by atoms with Gasteiger partial charge in [-0.1, -0.05) is 13.8 Å². The maximum absolute atomic E-state index is 11.4. The number of carboxylic acid groups (broad SMARTS) is 1. The molecule has 0 saturated heterocycles. The maximum Gasteiger partial charge on any atom is 0.337 e. The van der Waals surface area contributed by atoms with E-state index in [1.807, 2.05) is 13.1 Å². The number of aromatic carboxylic acids is 1. The Hall–Kier alpha value is -1.71. The Kier molecular flexibility index (Phi) is 4.21. The number of rotatable bonds is 3. The van der Waals surface area contributed by atoms with E-state index in [4.69, 9.17) is 5.73 Å². The van der Waals surface area contributed by atoms with Gasteiger partial charge >= 0.3 is 5.97 Å². The van der Waals surface area contributed by atoms with Crippen molar-refractivity contribution in [2.45, 2.75) is 39.2 Å². The van der Waals surface area contributed by atoms with E-state index in [-0.39, 0.29) is 0 Å². The Balaban J connectivity index is 2.25. The van der Waals surface area contributed by atoms with E-state index < -0.39 is 5.97 Å². The molecule has 0 radical (unpaired) electrons. The van der Waals surface area contributed by atoms with Gasteiger partial charge in [-0.3, -0.25) is 0 Å². The van der Waals surface area contributed by atoms with Crippen LogP contribution in [0.4, 0.5) is 11.4 Å². The van der Waals surface area contributed by atoms with Crippen molar-refractivity contribution in [2.75, 3.05) is 17.7 Å². The van der Waals surface area contributed by atoms with Gasteiger partial charge in [0.25, 0.3) is 0 Å². The third-order valence-corrected chi connectivity index (χ3v) is 4.75. The highest BCUT2D eigenvalue weighted by Crippen LogP contribution is 2.34. The fraction of sp³-hybridized carbons (Fsp3) is 0.562. The average Bonchev–Trinajstić information content (AvgIpc) is 2.41. The van der Waals surface area contributed by atoms with E-state index in [1.165, 1.54) is 6.42 Å². The fourth-order valence-corrected chi connectivity index (χ4v) is 3.10. The number of hydrogen-bond acceptors (Lipinski definition) is 3. The van der Waals surface area contributed by atoms with Gasteiger partial charge < -0.3 is 15.7 Å². The first-order chi connectivity index (χ1) is 9.40. The quantitative estimate of drug-likeness (QED) is 0.832. The number of nitrogens with zero attached hydrogens (tertiary/aromatic N) is 1. The molecule has 1 aliphatic rings. The van der Waals surface area contributed by atoms with Crippen molar-refractivity contribution >= 4 is 17.3 Å². The molecule has 20 heavy (non-hydrogen) atoms. The SMILES string of the molecule is CC1CCC(N(C)c2ccc(N)cc2C(=O)O)CC1C. The Morgan fingerprint density at radius 2 is 2.00 bits per heavy atom. The molecule has 1 aromatic rings. The Morgan fingerprint density at radius 3 is 2.60 bits per heavy atom. The highest BCUT2D eigenvalue weighted by atomic mass is 16.4. The molecule has 0 heterocycles. The third kappa shape index (κ3) is 2.89. The predicted molar refractivity (Wildman–Crippen MR) is 82.2 cm³/mol. The van der Waals surface area contributed by atoms with Gasteiger partial charge in [0.2, 0.25) is 0 Å². The van der Waals surface area contributed by atoms with Gasteiger partial charge in [0.05, 0.1) is 11.3 Å². The third-order valence-electron chi connectivity index (χ3n) is 4.75. The zero-order valence-electron chi connectivity index (χ0n) is 12.5. The van der Waals surface area contributed by atoms with Crippen LogP contribution in [0.25, 0.3) is 0 Å². The topological polar surface area (TPSA) is 66.6 Å². The molecule has 1 fully saturated rings. The summed E-state index contributed by atoms with van der Waals surface area (Å²) in [6, 6.07) is 5.54. The number of carboxylic acids is 1. The summed E-state index contributed by atoms with van der Waals surface area (Å²) in [5.74, 6) is 0.514. The second-order valence-electron chi connectivity index (χ2n) is 6.11. The molecule has 0 amide bonds. The van der Waals surface area contributed by atoms with Crippen molar-refractivity contribution in [1.29, 1.82) is 0 Å². The maximum atomic E-state index is 11.4. The molecule has 3 N–H and O–H groups in total. The number of nitrogens with two attached hydrogens (primary N) is 1. The van der Waals surface area contributed by atoms with Crippen molar-refractivity contribution < 1.29 is 9.90 Å². The van der Waals surface area contributed by atoms with E-state index in [0.717, 1.165) is 24.4 Å². The van der Waals surface area contributed by atoms with Gasteiger partial charge in [-0.25, -0.2) is 4.79 Å². The first-order valence-electron chi connectivity index (χ1n) is 7.25. The number of benzene rings is 1. The van der Waals surface area contributed by atoms with Crippen molar-refractivity contribution in [1.82, 2.24) is 0 Å². The highest BCUT2D eigenvalue weighted by Gasteiger charge is 2.28. The van der Waals surface area contributed by atoms with E-state index in [2.05, 4.69) is 18.7 Å². The minimum atomic E-state index is -0.920. The Bertz CT molecular complexity index is 501. The van der Waals surface area contributed by atoms with E-state index in [1.54, 1.807) is 12.1 Å². The molecule has 0 bridgehead atoms. The zero-order chi connectivity index (χ0) is 14.9. The smallest absolute Gasteiger partial charge is 0.337 e. The highest BCUT2D eigenvalue weighted by molar-refractivity contribution is 5.95. The Morgan fingerprint density at radius 1 is 1.30 bits per heavy atom. The molecule has 4 nitrogen and oxygen atoms in total. The first-order valence-corrected chi connectivity index (χ1v) is 7.25. The first kappa shape index (κ1) is 14.7. The van der Waals surface area contributed by atoms with Gasteiger partial charge in [0.1, 0.15) is 0 Å². The average molecular weight is 276 g/mol. The van der Waals surface area contributed by atoms with Crippen LogP contribution >= 0.6 is 0 Å². The van der Waals surface area contributed by atoms with Gasteiger partial charge in [-0.2, -0.15) is 0 Å². The number of hydrogen-bond donors (Lipinski definition) is 2. The molecular formula is C16H24N2O2. The van der Waals surface area contributed by atoms with Gasteiger partial charge in [0, 0.05) is 18.8 Å². The monoisotopic (exact) mass is 276 g/mol. The summed E-state index contributed by atoms with van der Waals surface area (Å²) >= 11 is 0. The molecule has 0 aromatic heterocycles. The predicted octanol–water partition coefficient (Wildman–Crippen LogP) is 3.23. The second kappa shape index (κ2) is 5.73. The summed E-state index contributed by atoms with van der Waals surface area (Å²) in [4.78, 5) is 13.5. The van der Waals surface area contributed by atoms with Crippen molar-refractivity contribution in [2.24, 2.45) is 11.8 Å². The molecule has 3 unspecified atom stereocenters. The number of carbonyl (C=O) groups is 1. The van der Waals surface area contributed by atoms with Crippen molar-refractivity contribution in [3.05, 3.63) is 23.8 Å². The van der Waals surface area contributed by atoms with Crippen LogP contribution in [0.5, 0.6) is 0 Å². The molecule has 1 aromatic carbocycles. The van der Waals surface area contributed by atoms with Crippen LogP contribution in [0, 0.1) is 11.8 Å². The van der Waals surface area contributed by atoms with E-state index in [0.29, 0.717) is 23.2 Å². The molecule has 4 heteroatoms. The standard InChI is InChI=1S/C16H24N2O2/c1-10-4-6-13(8-11(10)2)18(3)15-7-5-12(17)9-14(15)16(19)20/h5,7,9-11,13H,4,6,8,17H2,1-3H3,(H,19,20). The fourth-order valence-electron chi connectivity index (χ4n) is 3.10. The summed E-state index contributed by atoms with van der Waals surface area (Å²) in [6.45, 7) is 4.58. The number of anilines is 2. The van der Waals surface area contributed by atoms with Crippen LogP contribution in [-0.2, 0) is 0 Å². The normalized spacial score (nSPS) is 26.2. The van der Waals surface area contributed by atoms with Crippen LogP contribution in [0.3, 0.4) is 0 Å². The lowest BCUT2D eigenvalue weighted by atomic mass is 9.78. The molecule has 3 atom stereocenters. The van der Waals surface area contributed by atoms with Crippen molar-refractivity contribution in [3.63, 3.8) is 0 Å². The van der Waals surface area contributed by atoms with Gasteiger partial charge in [-0.05, 0) is 49.3 Å². The lowest BCUT2D eigenvalue weighted by molar-refractivity contribution is 0.0697. The van der Waals surface area contributed by atoms with Crippen LogP contribution < -0.4 is 10.6 Å². The van der Waals surface area contributed by atoms with Gasteiger partial charge in [0.15, 0.2) is 0 Å². The second-order valence-corrected chi connectivity index (χ2v) is 6.11. The molecule has 0 aliphatic heterocycles. The lowest BCUT2D eigenvalue weighted by Gasteiger charge is -2.39. The molecule has 1 aliphatic carbocycles. The van der Waals surface area contributed by atoms with Crippen LogP contribution in [0.15, 0.2) is 18.2 Å². The summed E-state index contributed by atoms with van der Waals surface area (Å²) in [5, 5.41) is 9.35. The lowest BCUT2D eigenvalue weighted by Crippen LogP contribution is -2.38. The molecule has 0 spiro atoms. The minimum absolute atomic E-state index is 0.291. The molecular weight excluding hydrogens is 252 g/mol. The van der Waals surface area contributed by atoms with Gasteiger partial charge in [-0.15, -0.1) is 0 Å². The van der Waals surface area contributed by atoms with Crippen LogP contribution in [0.1, 0.15) is 43.5 Å². The summed E-state index contributed by atoms with van der Waals surface area (Å²) in [6.07, 6.45) is 3.43. The largest absolute Gasteiger partial charge is 0.478 e. The number of nitrogen functional groups attached to an aromatic ring is 1. The van der Waals surface area contributed by atoms with E-state index in [9.17, 15) is 9.90 Å². The molecule has 110 valence electrons. The summed E-state index contributed by atoms with van der Waals surface area (Å²) in [7, 11) is 1.99. The zero-order valence-corrected chi connectivity index (χ0v) is 12.5. The Labute approximate surface area is 120 Å². The molecule has 1 saturated carbocycles. The van der Waals surface area contributed by atoms with Crippen molar-refractivity contribution in [3.8, 4) is 0 Å². The van der Waals surface area contributed by atoms with Crippen LogP contribution in [0.2, 0.25) is 0 Å². The molecule has 2 rings (SSSR count). The van der Waals surface area contributed by atoms with Crippen LogP contribution in [-0.4, -0.2) is 24.2 Å². The summed E-state index contributed by atoms with van der Waals surface area (Å²) in [5.41, 5.74) is 7.25.